The summed E-state index contributed by atoms with van der Waals surface area (Å²) in [5.74, 6) is -3.25. The second-order valence-corrected chi connectivity index (χ2v) is 17.8. The first-order valence-corrected chi connectivity index (χ1v) is 22.0. The third-order valence-corrected chi connectivity index (χ3v) is 11.7. The molecule has 0 aliphatic heterocycles. The van der Waals surface area contributed by atoms with E-state index in [9.17, 15) is 43.6 Å². The van der Waals surface area contributed by atoms with E-state index in [2.05, 4.69) is 39.1 Å². The lowest BCUT2D eigenvalue weighted by molar-refractivity contribution is 0.0698. The zero-order valence-electron chi connectivity index (χ0n) is 29.8. The van der Waals surface area contributed by atoms with Gasteiger partial charge in [-0.15, -0.1) is 15.3 Å². The molecule has 59 heavy (non-hydrogen) atoms. The molecular formula is C31H31N9O15S4. The molecule has 0 aliphatic carbocycles. The van der Waals surface area contributed by atoms with Crippen LogP contribution in [0, 0.1) is 5.41 Å². The fourth-order valence-corrected chi connectivity index (χ4v) is 7.54. The van der Waals surface area contributed by atoms with Crippen LogP contribution in [0.25, 0.3) is 0 Å². The molecule has 0 aliphatic rings. The SMILES string of the molecule is N=COCc1ccc(N=Nc2c(N)c(N=Nc3ccc(S(=O)(=O)CCOS(=O)(=O)O)cc3)c(N)c(N=Nc3ccc(S(=O)(=O)CCOS(=O)(=O)O)cc3)c2C(=O)O)cc1. The van der Waals surface area contributed by atoms with Gasteiger partial charge >= 0.3 is 26.8 Å². The van der Waals surface area contributed by atoms with Crippen molar-refractivity contribution in [1.82, 2.24) is 0 Å². The molecule has 0 bridgehead atoms. The van der Waals surface area contributed by atoms with Gasteiger partial charge < -0.3 is 21.3 Å². The van der Waals surface area contributed by atoms with Crippen molar-refractivity contribution in [3.8, 4) is 0 Å². The quantitative estimate of drug-likeness (QED) is 0.0221. The number of ether oxygens (including phenoxy) is 1. The van der Waals surface area contributed by atoms with Crippen molar-refractivity contribution < 1.29 is 65.8 Å². The summed E-state index contributed by atoms with van der Waals surface area (Å²) in [5.41, 5.74) is 10.6. The van der Waals surface area contributed by atoms with Gasteiger partial charge in [-0.3, -0.25) is 14.5 Å². The Morgan fingerprint density at radius 3 is 1.29 bits per heavy atom. The molecular weight excluding hydrogens is 867 g/mol. The Labute approximate surface area is 335 Å². The first-order chi connectivity index (χ1) is 27.6. The molecule has 314 valence electrons. The maximum atomic E-state index is 12.7. The van der Waals surface area contributed by atoms with Gasteiger partial charge in [-0.1, -0.05) is 12.1 Å². The van der Waals surface area contributed by atoms with E-state index < -0.39 is 99.5 Å². The molecule has 0 aromatic heterocycles. The maximum absolute atomic E-state index is 12.7. The number of carbonyl (C=O) groups is 1. The Morgan fingerprint density at radius 2 is 0.949 bits per heavy atom. The van der Waals surface area contributed by atoms with Crippen LogP contribution in [0.15, 0.2) is 113 Å². The van der Waals surface area contributed by atoms with Crippen LogP contribution in [-0.4, -0.2) is 85.0 Å². The van der Waals surface area contributed by atoms with Gasteiger partial charge in [-0.05, 0) is 66.2 Å². The summed E-state index contributed by atoms with van der Waals surface area (Å²) in [6, 6.07) is 15.4. The number of anilines is 2. The number of nitrogen functional groups attached to an aromatic ring is 2. The lowest BCUT2D eigenvalue weighted by Crippen LogP contribution is -2.15. The number of hydrogen-bond acceptors (Lipinski definition) is 21. The van der Waals surface area contributed by atoms with E-state index in [4.69, 9.17) is 30.7 Å². The van der Waals surface area contributed by atoms with Crippen LogP contribution >= 0.6 is 0 Å². The molecule has 0 amide bonds. The van der Waals surface area contributed by atoms with Gasteiger partial charge in [0, 0.05) is 0 Å². The van der Waals surface area contributed by atoms with Crippen LogP contribution in [-0.2, 0) is 60.2 Å². The van der Waals surface area contributed by atoms with Crippen molar-refractivity contribution in [1.29, 1.82) is 5.41 Å². The van der Waals surface area contributed by atoms with E-state index in [0.717, 1.165) is 30.7 Å². The number of carboxylic acids is 1. The van der Waals surface area contributed by atoms with Gasteiger partial charge in [0.1, 0.15) is 29.2 Å². The highest BCUT2D eigenvalue weighted by Gasteiger charge is 2.27. The molecule has 0 radical (unpaired) electrons. The van der Waals surface area contributed by atoms with Crippen LogP contribution < -0.4 is 11.5 Å². The van der Waals surface area contributed by atoms with E-state index >= 15 is 0 Å². The average Bonchev–Trinajstić information content (AvgIpc) is 3.15. The summed E-state index contributed by atoms with van der Waals surface area (Å²) in [4.78, 5) is 12.2. The van der Waals surface area contributed by atoms with E-state index in [1.54, 1.807) is 12.1 Å². The highest BCUT2D eigenvalue weighted by atomic mass is 32.3. The molecule has 4 aromatic rings. The van der Waals surface area contributed by atoms with Gasteiger partial charge in [-0.25, -0.2) is 30.0 Å². The van der Waals surface area contributed by atoms with Gasteiger partial charge in [0.2, 0.25) is 0 Å². The zero-order valence-corrected chi connectivity index (χ0v) is 33.0. The van der Waals surface area contributed by atoms with Crippen molar-refractivity contribution in [3.63, 3.8) is 0 Å². The summed E-state index contributed by atoms with van der Waals surface area (Å²) in [5, 5.41) is 41.4. The monoisotopic (exact) mass is 897 g/mol. The van der Waals surface area contributed by atoms with Crippen LogP contribution in [0.1, 0.15) is 15.9 Å². The Hall–Kier alpha value is -6.14. The van der Waals surface area contributed by atoms with E-state index in [1.807, 2.05) is 0 Å². The summed E-state index contributed by atoms with van der Waals surface area (Å²) in [6.07, 6.45) is 0.764. The van der Waals surface area contributed by atoms with Gasteiger partial charge in [0.15, 0.2) is 26.1 Å². The van der Waals surface area contributed by atoms with Crippen molar-refractivity contribution in [2.75, 3.05) is 36.2 Å². The minimum absolute atomic E-state index is 0.0243. The molecule has 8 N–H and O–H groups in total. The number of aromatic carboxylic acids is 1. The van der Waals surface area contributed by atoms with Crippen molar-refractivity contribution in [3.05, 3.63) is 83.9 Å². The summed E-state index contributed by atoms with van der Waals surface area (Å²) < 4.78 is 124. The fraction of sp³-hybridized carbons (Fsp3) is 0.161. The standard InChI is InChI=1S/C31H31N9O15S4/c32-18-53-17-19-1-3-20(4-2-19)35-38-28-25(31(41)42)29(39-36-21-5-9-23(10-6-21)56(43,44)15-13-54-58(47,48)49)27(34)30(26(28)33)40-37-22-7-11-24(12-8-22)57(45,46)16-14-55-59(50,51)52/h1-12,18,32H,13-17,33-34H2,(H,41,42)(H,47,48,49)(H,50,51,52). The molecule has 0 unspecified atom stereocenters. The predicted octanol–water partition coefficient (Wildman–Crippen LogP) is 5.11. The van der Waals surface area contributed by atoms with Gasteiger partial charge in [0.25, 0.3) is 0 Å². The van der Waals surface area contributed by atoms with E-state index in [0.29, 0.717) is 5.56 Å². The number of benzene rings is 4. The molecule has 0 atom stereocenters. The molecule has 4 aromatic carbocycles. The van der Waals surface area contributed by atoms with Crippen molar-refractivity contribution in [2.24, 2.45) is 30.7 Å². The second kappa shape index (κ2) is 19.1. The number of nitrogens with zero attached hydrogens (tertiary/aromatic N) is 6. The van der Waals surface area contributed by atoms with Gasteiger partial charge in [-0.2, -0.15) is 32.2 Å². The fourth-order valence-electron chi connectivity index (χ4n) is 4.56. The third kappa shape index (κ3) is 13.2. The number of carboxylic acid groups (broad SMARTS) is 1. The number of rotatable bonds is 20. The Morgan fingerprint density at radius 1 is 0.593 bits per heavy atom. The highest BCUT2D eigenvalue weighted by molar-refractivity contribution is 7.91. The molecule has 0 fully saturated rings. The Bertz CT molecular complexity index is 2750. The smallest absolute Gasteiger partial charge is 0.397 e. The highest BCUT2D eigenvalue weighted by Crippen LogP contribution is 2.49. The minimum atomic E-state index is -4.88. The second-order valence-electron chi connectivity index (χ2n) is 11.4. The number of nitrogens with two attached hydrogens (primary N) is 2. The third-order valence-electron chi connectivity index (χ3n) is 7.33. The first-order valence-electron chi connectivity index (χ1n) is 15.9. The summed E-state index contributed by atoms with van der Waals surface area (Å²) in [6.45, 7) is -1.64. The Kier molecular flexibility index (Phi) is 14.7. The number of nitrogens with one attached hydrogen (secondary N) is 1. The van der Waals surface area contributed by atoms with Gasteiger partial charge in [0.05, 0.1) is 62.9 Å². The molecule has 0 saturated heterocycles. The van der Waals surface area contributed by atoms with Crippen LogP contribution in [0.5, 0.6) is 0 Å². The molecule has 4 rings (SSSR count). The van der Waals surface area contributed by atoms with Crippen molar-refractivity contribution in [2.45, 2.75) is 16.4 Å². The predicted molar refractivity (Wildman–Crippen MR) is 207 cm³/mol. The van der Waals surface area contributed by atoms with Crippen LogP contribution in [0.2, 0.25) is 0 Å². The number of hydrogen-bond donors (Lipinski definition) is 6. The number of azo groups is 3. The zero-order chi connectivity index (χ0) is 43.6. The molecule has 0 spiro atoms. The lowest BCUT2D eigenvalue weighted by atomic mass is 10.1. The lowest BCUT2D eigenvalue weighted by Gasteiger charge is -2.13. The van der Waals surface area contributed by atoms with E-state index in [-0.39, 0.29) is 39.1 Å². The normalized spacial score (nSPS) is 12.7. The van der Waals surface area contributed by atoms with Crippen LogP contribution in [0.4, 0.5) is 45.5 Å². The topological polar surface area (TPSA) is 392 Å². The molecule has 0 saturated carbocycles. The Balaban J connectivity index is 1.75. The number of sulfone groups is 2. The van der Waals surface area contributed by atoms with Crippen molar-refractivity contribution >= 4 is 98.3 Å². The van der Waals surface area contributed by atoms with Crippen LogP contribution in [0.3, 0.4) is 0 Å². The summed E-state index contributed by atoms with van der Waals surface area (Å²) in [7, 11) is -17.9. The molecule has 24 nitrogen and oxygen atoms in total. The molecule has 28 heteroatoms. The largest absolute Gasteiger partial charge is 0.479 e. The minimum Gasteiger partial charge on any atom is -0.479 e. The first kappa shape index (κ1) is 45.6. The summed E-state index contributed by atoms with van der Waals surface area (Å²) >= 11 is 0. The molecule has 0 heterocycles. The maximum Gasteiger partial charge on any atom is 0.397 e. The average molecular weight is 898 g/mol. The van der Waals surface area contributed by atoms with E-state index in [1.165, 1.54) is 36.4 Å².